The highest BCUT2D eigenvalue weighted by molar-refractivity contribution is 6.34. The minimum atomic E-state index is -0.987. The maximum Gasteiger partial charge on any atom is 0.405 e. The van der Waals surface area contributed by atoms with Gasteiger partial charge in [-0.1, -0.05) is 23.7 Å². The fraction of sp³-hybridized carbons (Fsp3) is 0.294. The molecule has 2 aromatic rings. The lowest BCUT2D eigenvalue weighted by Crippen LogP contribution is -2.33. The van der Waals surface area contributed by atoms with Gasteiger partial charge in [0.25, 0.3) is 5.91 Å². The van der Waals surface area contributed by atoms with E-state index in [1.165, 1.54) is 6.20 Å². The van der Waals surface area contributed by atoms with E-state index in [0.717, 1.165) is 12.8 Å². The summed E-state index contributed by atoms with van der Waals surface area (Å²) in [6.45, 7) is 0. The number of Topliss-reactive ketones (excluding diaryl/α,β-unsaturated/α-hetero) is 1. The Balaban J connectivity index is 1.81. The number of rotatable bonds is 7. The number of hydrogen-bond acceptors (Lipinski definition) is 5. The molecule has 1 atom stereocenters. The molecule has 1 unspecified atom stereocenters. The zero-order valence-corrected chi connectivity index (χ0v) is 14.5. The molecule has 1 aromatic carbocycles. The Labute approximate surface area is 154 Å². The molecule has 1 saturated carbocycles. The number of halogens is 1. The number of nitrogens with zero attached hydrogens (tertiary/aromatic N) is 1. The smallest absolute Gasteiger partial charge is 0.405 e. The summed E-state index contributed by atoms with van der Waals surface area (Å²) in [6.07, 6.45) is 1.11. The number of amides is 2. The second-order valence-electron chi connectivity index (χ2n) is 6.04. The summed E-state index contributed by atoms with van der Waals surface area (Å²) < 4.78 is 4.97. The molecule has 0 spiro atoms. The lowest BCUT2D eigenvalue weighted by molar-refractivity contribution is -0.127. The van der Waals surface area contributed by atoms with Crippen molar-refractivity contribution in [2.75, 3.05) is 5.32 Å². The van der Waals surface area contributed by atoms with Gasteiger partial charge in [0, 0.05) is 18.4 Å². The van der Waals surface area contributed by atoms with Crippen LogP contribution in [0.1, 0.15) is 28.8 Å². The molecule has 9 heteroatoms. The first-order valence-electron chi connectivity index (χ1n) is 8.02. The molecule has 1 aliphatic rings. The number of anilines is 1. The van der Waals surface area contributed by atoms with Crippen LogP contribution >= 0.6 is 11.6 Å². The summed E-state index contributed by atoms with van der Waals surface area (Å²) in [6, 6.07) is 6.44. The van der Waals surface area contributed by atoms with Crippen LogP contribution < -0.4 is 11.1 Å². The molecular formula is C17H17ClN4O4. The quantitative estimate of drug-likeness (QED) is 0.683. The van der Waals surface area contributed by atoms with Crippen molar-refractivity contribution in [3.63, 3.8) is 0 Å². The van der Waals surface area contributed by atoms with E-state index < -0.39 is 18.1 Å². The molecule has 0 bridgehead atoms. The first kappa shape index (κ1) is 17.9. The van der Waals surface area contributed by atoms with Crippen molar-refractivity contribution in [2.45, 2.75) is 25.4 Å². The molecule has 1 heterocycles. The molecule has 1 aromatic heterocycles. The Morgan fingerprint density at radius 3 is 2.73 bits per heavy atom. The van der Waals surface area contributed by atoms with Crippen molar-refractivity contribution in [1.29, 1.82) is 0 Å². The summed E-state index contributed by atoms with van der Waals surface area (Å²) in [5, 5.41) is 9.21. The summed E-state index contributed by atoms with van der Waals surface area (Å²) >= 11 is 6.18. The number of primary amides is 1. The molecular weight excluding hydrogens is 360 g/mol. The number of nitrogens with one attached hydrogen (secondary N) is 2. The molecule has 0 saturated heterocycles. The number of benzene rings is 1. The molecule has 26 heavy (non-hydrogen) atoms. The van der Waals surface area contributed by atoms with Gasteiger partial charge in [0.2, 0.25) is 0 Å². The standard InChI is InChI=1S/C17H17ClN4O4/c18-11-3-1-2-10(14(11)16(24)21-13-6-7-20-22-13)8-12(23)15(9-4-5-9)26-17(19)25/h1-3,6-7,9,15H,4-5,8H2,(H2,19,25)(H2,20,21,22,24). The Morgan fingerprint density at radius 2 is 2.12 bits per heavy atom. The van der Waals surface area contributed by atoms with Gasteiger partial charge in [-0.3, -0.25) is 14.7 Å². The van der Waals surface area contributed by atoms with E-state index in [4.69, 9.17) is 22.1 Å². The van der Waals surface area contributed by atoms with Crippen LogP contribution in [0.3, 0.4) is 0 Å². The zero-order valence-electron chi connectivity index (χ0n) is 13.7. The van der Waals surface area contributed by atoms with E-state index in [1.807, 2.05) is 0 Å². The minimum Gasteiger partial charge on any atom is -0.438 e. The van der Waals surface area contributed by atoms with E-state index in [9.17, 15) is 14.4 Å². The van der Waals surface area contributed by atoms with Gasteiger partial charge in [-0.05, 0) is 24.5 Å². The van der Waals surface area contributed by atoms with Gasteiger partial charge < -0.3 is 15.8 Å². The van der Waals surface area contributed by atoms with Gasteiger partial charge >= 0.3 is 6.09 Å². The summed E-state index contributed by atoms with van der Waals surface area (Å²) in [7, 11) is 0. The highest BCUT2D eigenvalue weighted by Gasteiger charge is 2.39. The third kappa shape index (κ3) is 4.20. The molecule has 1 aliphatic carbocycles. The number of aromatic amines is 1. The molecule has 0 radical (unpaired) electrons. The fourth-order valence-corrected chi connectivity index (χ4v) is 3.00. The topological polar surface area (TPSA) is 127 Å². The Morgan fingerprint density at radius 1 is 1.35 bits per heavy atom. The van der Waals surface area contributed by atoms with Gasteiger partial charge in [0.1, 0.15) is 5.82 Å². The molecule has 2 amide bonds. The van der Waals surface area contributed by atoms with Crippen molar-refractivity contribution in [1.82, 2.24) is 10.2 Å². The Kier molecular flexibility index (Phi) is 5.22. The van der Waals surface area contributed by atoms with Gasteiger partial charge in [0.15, 0.2) is 11.9 Å². The Hall–Kier alpha value is -2.87. The molecule has 4 N–H and O–H groups in total. The van der Waals surface area contributed by atoms with Crippen LogP contribution in [0.5, 0.6) is 0 Å². The highest BCUT2D eigenvalue weighted by atomic mass is 35.5. The van der Waals surface area contributed by atoms with E-state index in [-0.39, 0.29) is 28.7 Å². The monoisotopic (exact) mass is 376 g/mol. The van der Waals surface area contributed by atoms with Crippen LogP contribution in [0, 0.1) is 5.92 Å². The second kappa shape index (κ2) is 7.57. The molecule has 0 aliphatic heterocycles. The van der Waals surface area contributed by atoms with Crippen molar-refractivity contribution < 1.29 is 19.1 Å². The molecule has 8 nitrogen and oxygen atoms in total. The second-order valence-corrected chi connectivity index (χ2v) is 6.44. The zero-order chi connectivity index (χ0) is 18.7. The van der Waals surface area contributed by atoms with Gasteiger partial charge in [-0.2, -0.15) is 5.10 Å². The summed E-state index contributed by atoms with van der Waals surface area (Å²) in [5.74, 6) is -0.401. The fourth-order valence-electron chi connectivity index (χ4n) is 2.72. The van der Waals surface area contributed by atoms with Crippen LogP contribution in [0.25, 0.3) is 0 Å². The van der Waals surface area contributed by atoms with E-state index in [1.54, 1.807) is 24.3 Å². The van der Waals surface area contributed by atoms with Gasteiger partial charge in [-0.25, -0.2) is 4.79 Å². The van der Waals surface area contributed by atoms with E-state index in [2.05, 4.69) is 15.5 Å². The summed E-state index contributed by atoms with van der Waals surface area (Å²) in [5.41, 5.74) is 5.69. The lowest BCUT2D eigenvalue weighted by atomic mass is 9.97. The predicted octanol–water partition coefficient (Wildman–Crippen LogP) is 2.30. The van der Waals surface area contributed by atoms with E-state index >= 15 is 0 Å². The number of hydrogen-bond donors (Lipinski definition) is 3. The molecule has 136 valence electrons. The number of carbonyl (C=O) groups excluding carboxylic acids is 3. The van der Waals surface area contributed by atoms with Crippen molar-refractivity contribution in [3.8, 4) is 0 Å². The number of aromatic nitrogens is 2. The third-order valence-electron chi connectivity index (χ3n) is 4.05. The first-order valence-corrected chi connectivity index (χ1v) is 8.40. The predicted molar refractivity (Wildman–Crippen MR) is 93.9 cm³/mol. The number of nitrogens with two attached hydrogens (primary N) is 1. The van der Waals surface area contributed by atoms with Gasteiger partial charge in [-0.15, -0.1) is 0 Å². The molecule has 1 fully saturated rings. The minimum absolute atomic E-state index is 0.0172. The van der Waals surface area contributed by atoms with Crippen LogP contribution in [-0.2, 0) is 16.0 Å². The maximum atomic E-state index is 12.6. The normalized spacial score (nSPS) is 14.5. The molecule has 3 rings (SSSR count). The number of ketones is 1. The lowest BCUT2D eigenvalue weighted by Gasteiger charge is -2.16. The average Bonchev–Trinajstić information content (AvgIpc) is 3.29. The van der Waals surface area contributed by atoms with Crippen LogP contribution in [0.15, 0.2) is 30.5 Å². The number of carbonyl (C=O) groups is 3. The number of H-pyrrole nitrogens is 1. The maximum absolute atomic E-state index is 12.6. The largest absolute Gasteiger partial charge is 0.438 e. The summed E-state index contributed by atoms with van der Waals surface area (Å²) in [4.78, 5) is 36.2. The van der Waals surface area contributed by atoms with Crippen LogP contribution in [-0.4, -0.2) is 34.1 Å². The van der Waals surface area contributed by atoms with Crippen LogP contribution in [0.4, 0.5) is 10.6 Å². The number of ether oxygens (including phenoxy) is 1. The third-order valence-corrected chi connectivity index (χ3v) is 4.37. The van der Waals surface area contributed by atoms with Gasteiger partial charge in [0.05, 0.1) is 16.8 Å². The first-order chi connectivity index (χ1) is 12.5. The van der Waals surface area contributed by atoms with E-state index in [0.29, 0.717) is 11.4 Å². The Bertz CT molecular complexity index is 833. The van der Waals surface area contributed by atoms with Crippen molar-refractivity contribution >= 4 is 35.2 Å². The SMILES string of the molecule is NC(=O)OC(C(=O)Cc1cccc(Cl)c1C(=O)Nc1ccn[nH]1)C1CC1. The van der Waals surface area contributed by atoms with Crippen molar-refractivity contribution in [3.05, 3.63) is 46.6 Å². The van der Waals surface area contributed by atoms with Crippen molar-refractivity contribution in [2.24, 2.45) is 11.7 Å². The van der Waals surface area contributed by atoms with Crippen LogP contribution in [0.2, 0.25) is 5.02 Å². The highest BCUT2D eigenvalue weighted by Crippen LogP contribution is 2.35. The average molecular weight is 377 g/mol.